The minimum Gasteiger partial charge on any atom is -0.353 e. The van der Waals surface area contributed by atoms with E-state index in [0.717, 1.165) is 48.5 Å². The van der Waals surface area contributed by atoms with Crippen molar-refractivity contribution in [1.82, 2.24) is 0 Å². The monoisotopic (exact) mass is 276 g/mol. The number of ether oxygens (including phenoxy) is 2. The van der Waals surface area contributed by atoms with Crippen LogP contribution in [0.1, 0.15) is 46.5 Å². The van der Waals surface area contributed by atoms with Crippen LogP contribution in [0.5, 0.6) is 0 Å². The summed E-state index contributed by atoms with van der Waals surface area (Å²) < 4.78 is 12.2. The van der Waals surface area contributed by atoms with E-state index in [1.54, 1.807) is 0 Å². The highest BCUT2D eigenvalue weighted by Crippen LogP contribution is 2.68. The lowest BCUT2D eigenvalue weighted by atomic mass is 9.68. The maximum Gasteiger partial charge on any atom is 0.155 e. The molecule has 4 rings (SSSR count). The Bertz CT molecular complexity index is 418. The molecule has 0 heterocycles. The van der Waals surface area contributed by atoms with Gasteiger partial charge in [0.15, 0.2) is 6.29 Å². The number of rotatable bonds is 5. The highest BCUT2D eigenvalue weighted by Gasteiger charge is 2.65. The van der Waals surface area contributed by atoms with Gasteiger partial charge in [-0.2, -0.15) is 0 Å². The van der Waals surface area contributed by atoms with Crippen LogP contribution in [0.15, 0.2) is 12.2 Å². The number of fused-ring (bicyclic) bond motifs is 9. The van der Waals surface area contributed by atoms with E-state index < -0.39 is 0 Å². The Morgan fingerprint density at radius 3 is 2.70 bits per heavy atom. The summed E-state index contributed by atoms with van der Waals surface area (Å²) in [5, 5.41) is 0. The predicted octanol–water partition coefficient (Wildman–Crippen LogP) is 4.01. The van der Waals surface area contributed by atoms with Crippen LogP contribution < -0.4 is 0 Å². The van der Waals surface area contributed by atoms with E-state index in [1.807, 2.05) is 0 Å². The molecular weight excluding hydrogens is 248 g/mol. The average Bonchev–Trinajstić information content (AvgIpc) is 3.12. The number of allylic oxidation sites excluding steroid dienone is 2. The van der Waals surface area contributed by atoms with Crippen LogP contribution in [0.3, 0.4) is 0 Å². The summed E-state index contributed by atoms with van der Waals surface area (Å²) in [5.41, 5.74) is 0.0668. The fraction of sp³-hybridized carbons (Fsp3) is 0.889. The first kappa shape index (κ1) is 13.3. The molecule has 3 saturated carbocycles. The second-order valence-corrected chi connectivity index (χ2v) is 7.78. The van der Waals surface area contributed by atoms with Crippen LogP contribution in [-0.2, 0) is 9.47 Å². The molecule has 4 bridgehead atoms. The molecule has 2 nitrogen and oxygen atoms in total. The fourth-order valence-electron chi connectivity index (χ4n) is 6.15. The van der Waals surface area contributed by atoms with Gasteiger partial charge in [-0.3, -0.25) is 0 Å². The van der Waals surface area contributed by atoms with Crippen molar-refractivity contribution in [1.29, 1.82) is 0 Å². The second kappa shape index (κ2) is 4.58. The van der Waals surface area contributed by atoms with Gasteiger partial charge in [-0.15, -0.1) is 0 Å². The van der Waals surface area contributed by atoms with Crippen molar-refractivity contribution in [2.75, 3.05) is 6.61 Å². The van der Waals surface area contributed by atoms with E-state index in [1.165, 1.54) is 19.3 Å². The highest BCUT2D eigenvalue weighted by atomic mass is 16.7. The van der Waals surface area contributed by atoms with Gasteiger partial charge in [0.05, 0.1) is 5.60 Å². The second-order valence-electron chi connectivity index (χ2n) is 7.78. The van der Waals surface area contributed by atoms with Crippen molar-refractivity contribution in [3.8, 4) is 0 Å². The topological polar surface area (TPSA) is 18.5 Å². The lowest BCUT2D eigenvalue weighted by molar-refractivity contribution is -0.220. The van der Waals surface area contributed by atoms with E-state index in [4.69, 9.17) is 9.47 Å². The molecule has 0 saturated heterocycles. The van der Waals surface area contributed by atoms with Gasteiger partial charge in [-0.25, -0.2) is 0 Å². The molecule has 0 aromatic heterocycles. The molecular formula is C18H28O2. The van der Waals surface area contributed by atoms with Crippen molar-refractivity contribution < 1.29 is 9.47 Å². The minimum atomic E-state index is -0.0492. The smallest absolute Gasteiger partial charge is 0.155 e. The lowest BCUT2D eigenvalue weighted by Crippen LogP contribution is -2.46. The van der Waals surface area contributed by atoms with Gasteiger partial charge in [0, 0.05) is 6.61 Å². The molecule has 3 fully saturated rings. The van der Waals surface area contributed by atoms with Gasteiger partial charge in [-0.05, 0) is 75.0 Å². The van der Waals surface area contributed by atoms with Crippen molar-refractivity contribution in [3.05, 3.63) is 12.2 Å². The normalized spacial score (nSPS) is 52.8. The third kappa shape index (κ3) is 1.77. The number of hydrogen-bond donors (Lipinski definition) is 0. The van der Waals surface area contributed by atoms with Crippen molar-refractivity contribution in [2.45, 2.75) is 58.3 Å². The molecule has 0 radical (unpaired) electrons. The molecule has 112 valence electrons. The third-order valence-electron chi connectivity index (χ3n) is 6.59. The van der Waals surface area contributed by atoms with E-state index in [-0.39, 0.29) is 11.9 Å². The summed E-state index contributed by atoms with van der Waals surface area (Å²) in [6, 6.07) is 0. The van der Waals surface area contributed by atoms with Crippen LogP contribution in [0.25, 0.3) is 0 Å². The molecule has 0 aromatic rings. The van der Waals surface area contributed by atoms with E-state index >= 15 is 0 Å². The summed E-state index contributed by atoms with van der Waals surface area (Å²) in [6.07, 6.45) is 10.1. The molecule has 0 spiro atoms. The van der Waals surface area contributed by atoms with Gasteiger partial charge in [0.25, 0.3) is 0 Å². The summed E-state index contributed by atoms with van der Waals surface area (Å²) >= 11 is 0. The number of hydrogen-bond acceptors (Lipinski definition) is 2. The molecule has 8 atom stereocenters. The van der Waals surface area contributed by atoms with Crippen molar-refractivity contribution in [3.63, 3.8) is 0 Å². The zero-order valence-electron chi connectivity index (χ0n) is 13.0. The van der Waals surface area contributed by atoms with Gasteiger partial charge < -0.3 is 9.47 Å². The molecule has 0 N–H and O–H groups in total. The van der Waals surface area contributed by atoms with E-state index in [9.17, 15) is 0 Å². The molecule has 4 aliphatic carbocycles. The standard InChI is InChI=1S/C18H28O2/c1-4-7-19-11(2)20-18(3)10-14-9-15(18)17-13-6-5-12(8-13)16(14)17/h5-6,11-17H,4,7-10H2,1-3H3. The maximum absolute atomic E-state index is 6.40. The Labute approximate surface area is 122 Å². The molecule has 0 aliphatic heterocycles. The van der Waals surface area contributed by atoms with Gasteiger partial charge in [0.2, 0.25) is 0 Å². The van der Waals surface area contributed by atoms with Crippen LogP contribution in [-0.4, -0.2) is 18.5 Å². The SMILES string of the molecule is CCCOC(C)OC1(C)CC2CC1C1C3C=CC(C3)C21. The van der Waals surface area contributed by atoms with Crippen LogP contribution in [0.2, 0.25) is 0 Å². The molecule has 4 aliphatic rings. The van der Waals surface area contributed by atoms with Gasteiger partial charge in [0.1, 0.15) is 0 Å². The minimum absolute atomic E-state index is 0.0492. The van der Waals surface area contributed by atoms with Crippen molar-refractivity contribution >= 4 is 0 Å². The zero-order chi connectivity index (χ0) is 13.9. The van der Waals surface area contributed by atoms with E-state index in [2.05, 4.69) is 32.9 Å². The van der Waals surface area contributed by atoms with E-state index in [0.29, 0.717) is 0 Å². The first-order chi connectivity index (χ1) is 9.62. The van der Waals surface area contributed by atoms with Crippen LogP contribution in [0, 0.1) is 35.5 Å². The van der Waals surface area contributed by atoms with Gasteiger partial charge in [-0.1, -0.05) is 19.1 Å². The first-order valence-corrected chi connectivity index (χ1v) is 8.60. The Kier molecular flexibility index (Phi) is 3.05. The largest absolute Gasteiger partial charge is 0.353 e. The Morgan fingerprint density at radius 2 is 1.95 bits per heavy atom. The van der Waals surface area contributed by atoms with Crippen molar-refractivity contribution in [2.24, 2.45) is 35.5 Å². The maximum atomic E-state index is 6.40. The quantitative estimate of drug-likeness (QED) is 0.429. The Morgan fingerprint density at radius 1 is 1.20 bits per heavy atom. The molecule has 2 heteroatoms. The van der Waals surface area contributed by atoms with Gasteiger partial charge >= 0.3 is 0 Å². The Hall–Kier alpha value is -0.340. The summed E-state index contributed by atoms with van der Waals surface area (Å²) in [7, 11) is 0. The molecule has 0 amide bonds. The van der Waals surface area contributed by atoms with Crippen LogP contribution in [0.4, 0.5) is 0 Å². The first-order valence-electron chi connectivity index (χ1n) is 8.60. The fourth-order valence-corrected chi connectivity index (χ4v) is 6.15. The predicted molar refractivity (Wildman–Crippen MR) is 79.1 cm³/mol. The Balaban J connectivity index is 1.48. The highest BCUT2D eigenvalue weighted by molar-refractivity contribution is 5.23. The third-order valence-corrected chi connectivity index (χ3v) is 6.59. The molecule has 20 heavy (non-hydrogen) atoms. The molecule has 0 aromatic carbocycles. The van der Waals surface area contributed by atoms with Crippen LogP contribution >= 0.6 is 0 Å². The summed E-state index contributed by atoms with van der Waals surface area (Å²) in [4.78, 5) is 0. The average molecular weight is 276 g/mol. The zero-order valence-corrected chi connectivity index (χ0v) is 13.0. The molecule has 8 unspecified atom stereocenters. The lowest BCUT2D eigenvalue weighted by Gasteiger charge is -2.44. The summed E-state index contributed by atoms with van der Waals surface area (Å²) in [5.74, 6) is 5.33. The summed E-state index contributed by atoms with van der Waals surface area (Å²) in [6.45, 7) is 7.39.